The lowest BCUT2D eigenvalue weighted by Gasteiger charge is -2.36. The molecule has 0 spiro atoms. The molecule has 30 heavy (non-hydrogen) atoms. The topological polar surface area (TPSA) is 92.5 Å². The molecule has 2 aromatic rings. The molecule has 0 saturated carbocycles. The summed E-state index contributed by atoms with van der Waals surface area (Å²) >= 11 is 0. The maximum absolute atomic E-state index is 5.80. The Morgan fingerprint density at radius 1 is 1.23 bits per heavy atom. The van der Waals surface area contributed by atoms with Crippen LogP contribution in [0.2, 0.25) is 0 Å². The summed E-state index contributed by atoms with van der Waals surface area (Å²) < 4.78 is 7.85. The number of nitrogens with one attached hydrogen (secondary N) is 2. The summed E-state index contributed by atoms with van der Waals surface area (Å²) in [4.78, 5) is 11.2. The first-order valence-electron chi connectivity index (χ1n) is 10.3. The lowest BCUT2D eigenvalue weighted by molar-refractivity contribution is -0.00545. The number of aryl methyl sites for hydroxylation is 1. The summed E-state index contributed by atoms with van der Waals surface area (Å²) in [6.07, 6.45) is 5.01. The number of aromatic nitrogens is 4. The molecule has 9 nitrogen and oxygen atoms in total. The van der Waals surface area contributed by atoms with Gasteiger partial charge in [-0.15, -0.1) is 34.2 Å². The smallest absolute Gasteiger partial charge is 0.191 e. The molecule has 2 N–H and O–H groups in total. The maximum Gasteiger partial charge on any atom is 0.191 e. The van der Waals surface area contributed by atoms with E-state index < -0.39 is 0 Å². The number of hydrogen-bond donors (Lipinski definition) is 2. The number of anilines is 1. The molecule has 0 radical (unpaired) electrons. The van der Waals surface area contributed by atoms with Crippen LogP contribution in [0, 0.1) is 0 Å². The van der Waals surface area contributed by atoms with Crippen LogP contribution in [0.25, 0.3) is 0 Å². The highest BCUT2D eigenvalue weighted by Gasteiger charge is 2.22. The zero-order valence-electron chi connectivity index (χ0n) is 18.2. The van der Waals surface area contributed by atoms with E-state index in [-0.39, 0.29) is 36.2 Å². The van der Waals surface area contributed by atoms with E-state index in [4.69, 9.17) is 4.74 Å². The Kier molecular flexibility index (Phi) is 9.76. The number of morpholine rings is 1. The molecular formula is C20H33IN8O. The van der Waals surface area contributed by atoms with Crippen LogP contribution in [0.15, 0.2) is 29.6 Å². The molecule has 1 aliphatic heterocycles. The number of hydrogen-bond acceptors (Lipinski definition) is 6. The minimum absolute atomic E-state index is 0. The average molecular weight is 528 g/mol. The third-order valence-electron chi connectivity index (χ3n) is 4.89. The fourth-order valence-electron chi connectivity index (χ4n) is 3.51. The van der Waals surface area contributed by atoms with E-state index in [2.05, 4.69) is 73.2 Å². The molecule has 0 amide bonds. The molecule has 0 aliphatic carbocycles. The van der Waals surface area contributed by atoms with Crippen LogP contribution in [0.3, 0.4) is 0 Å². The first kappa shape index (κ1) is 24.3. The Balaban J connectivity index is 0.00000320. The summed E-state index contributed by atoms with van der Waals surface area (Å²) in [5.74, 6) is 2.75. The molecule has 0 bridgehead atoms. The predicted octanol–water partition coefficient (Wildman–Crippen LogP) is 1.83. The van der Waals surface area contributed by atoms with Gasteiger partial charge in [-0.05, 0) is 25.5 Å². The van der Waals surface area contributed by atoms with Crippen molar-refractivity contribution in [3.05, 3.63) is 36.0 Å². The summed E-state index contributed by atoms with van der Waals surface area (Å²) in [6.45, 7) is 10.2. The number of aliphatic imine (C=N–C) groups is 1. The van der Waals surface area contributed by atoms with Gasteiger partial charge in [-0.2, -0.15) is 0 Å². The third kappa shape index (κ3) is 6.79. The second kappa shape index (κ2) is 12.0. The van der Waals surface area contributed by atoms with Gasteiger partial charge in [0.1, 0.15) is 18.0 Å². The largest absolute Gasteiger partial charge is 0.372 e. The van der Waals surface area contributed by atoms with Crippen LogP contribution in [0.5, 0.6) is 0 Å². The van der Waals surface area contributed by atoms with E-state index in [1.54, 1.807) is 13.4 Å². The van der Waals surface area contributed by atoms with Gasteiger partial charge in [0.2, 0.25) is 0 Å². The number of ether oxygens (including phenoxy) is 1. The molecule has 166 valence electrons. The summed E-state index contributed by atoms with van der Waals surface area (Å²) in [5.41, 5.74) is 1.11. The van der Waals surface area contributed by atoms with Crippen LogP contribution in [0.4, 0.5) is 5.82 Å². The van der Waals surface area contributed by atoms with Crippen LogP contribution >= 0.6 is 24.0 Å². The number of halogens is 1. The van der Waals surface area contributed by atoms with Gasteiger partial charge >= 0.3 is 0 Å². The lowest BCUT2D eigenvalue weighted by atomic mass is 10.2. The number of nitrogens with zero attached hydrogens (tertiary/aromatic N) is 6. The molecule has 0 aromatic carbocycles. The van der Waals surface area contributed by atoms with Crippen molar-refractivity contribution in [2.45, 2.75) is 52.5 Å². The minimum atomic E-state index is 0. The molecule has 2 unspecified atom stereocenters. The fraction of sp³-hybridized carbons (Fsp3) is 0.600. The number of rotatable bonds is 7. The van der Waals surface area contributed by atoms with Gasteiger partial charge in [0, 0.05) is 52.4 Å². The summed E-state index contributed by atoms with van der Waals surface area (Å²) in [6, 6.07) is 4.19. The van der Waals surface area contributed by atoms with E-state index >= 15 is 0 Å². The molecule has 3 rings (SSSR count). The van der Waals surface area contributed by atoms with Crippen molar-refractivity contribution < 1.29 is 4.74 Å². The van der Waals surface area contributed by atoms with Crippen molar-refractivity contribution in [3.63, 3.8) is 0 Å². The van der Waals surface area contributed by atoms with Crippen molar-refractivity contribution in [3.8, 4) is 0 Å². The van der Waals surface area contributed by atoms with E-state index in [0.717, 1.165) is 55.8 Å². The molecule has 1 saturated heterocycles. The van der Waals surface area contributed by atoms with Gasteiger partial charge in [0.15, 0.2) is 5.96 Å². The Labute approximate surface area is 195 Å². The van der Waals surface area contributed by atoms with Gasteiger partial charge in [0.25, 0.3) is 0 Å². The maximum atomic E-state index is 5.80. The zero-order chi connectivity index (χ0) is 20.6. The summed E-state index contributed by atoms with van der Waals surface area (Å²) in [5, 5.41) is 14.7. The van der Waals surface area contributed by atoms with Crippen molar-refractivity contribution in [2.24, 2.45) is 4.99 Å². The van der Waals surface area contributed by atoms with Crippen molar-refractivity contribution >= 4 is 35.8 Å². The molecule has 2 aromatic heterocycles. The number of guanidine groups is 1. The molecule has 10 heteroatoms. The van der Waals surface area contributed by atoms with Crippen molar-refractivity contribution in [1.29, 1.82) is 0 Å². The average Bonchev–Trinajstić information content (AvgIpc) is 3.17. The minimum Gasteiger partial charge on any atom is -0.372 e. The molecule has 3 heterocycles. The summed E-state index contributed by atoms with van der Waals surface area (Å²) in [7, 11) is 1.77. The Morgan fingerprint density at radius 3 is 2.63 bits per heavy atom. The Bertz CT molecular complexity index is 784. The zero-order valence-corrected chi connectivity index (χ0v) is 20.5. The molecular weight excluding hydrogens is 495 g/mol. The monoisotopic (exact) mass is 528 g/mol. The highest BCUT2D eigenvalue weighted by molar-refractivity contribution is 14.0. The predicted molar refractivity (Wildman–Crippen MR) is 129 cm³/mol. The Morgan fingerprint density at radius 2 is 2.00 bits per heavy atom. The molecule has 2 atom stereocenters. The quantitative estimate of drug-likeness (QED) is 0.322. The first-order valence-corrected chi connectivity index (χ1v) is 10.3. The standard InChI is InChI=1S/C20H32N8O.HI/c1-5-18-26-25-14-27(18)9-8-22-20(21-4)24-11-17-6-7-19(23-10-17)28-12-15(2)29-16(3)13-28;/h6-7,10,14-16H,5,8-9,11-13H2,1-4H3,(H2,21,22,24);1H. The van der Waals surface area contributed by atoms with Crippen molar-refractivity contribution in [2.75, 3.05) is 31.6 Å². The van der Waals surface area contributed by atoms with Gasteiger partial charge < -0.3 is 24.8 Å². The first-order chi connectivity index (χ1) is 14.1. The highest BCUT2D eigenvalue weighted by Crippen LogP contribution is 2.18. The third-order valence-corrected chi connectivity index (χ3v) is 4.89. The highest BCUT2D eigenvalue weighted by atomic mass is 127. The molecule has 1 fully saturated rings. The van der Waals surface area contributed by atoms with Crippen molar-refractivity contribution in [1.82, 2.24) is 30.4 Å². The normalized spacial score (nSPS) is 19.3. The van der Waals surface area contributed by atoms with Gasteiger partial charge in [-0.25, -0.2) is 4.98 Å². The fourth-order valence-corrected chi connectivity index (χ4v) is 3.51. The van der Waals surface area contributed by atoms with Gasteiger partial charge in [0.05, 0.1) is 12.2 Å². The second-order valence-electron chi connectivity index (χ2n) is 7.33. The van der Waals surface area contributed by atoms with E-state index in [1.807, 2.05) is 6.20 Å². The van der Waals surface area contributed by atoms with E-state index in [9.17, 15) is 0 Å². The van der Waals surface area contributed by atoms with Crippen LogP contribution in [0.1, 0.15) is 32.2 Å². The van der Waals surface area contributed by atoms with Gasteiger partial charge in [-0.1, -0.05) is 13.0 Å². The van der Waals surface area contributed by atoms with Gasteiger partial charge in [-0.3, -0.25) is 4.99 Å². The van der Waals surface area contributed by atoms with E-state index in [1.165, 1.54) is 0 Å². The number of pyridine rings is 1. The van der Waals surface area contributed by atoms with E-state index in [0.29, 0.717) is 6.54 Å². The van der Waals surface area contributed by atoms with Crippen LogP contribution in [-0.4, -0.2) is 64.6 Å². The second-order valence-corrected chi connectivity index (χ2v) is 7.33. The molecule has 1 aliphatic rings. The Hall–Kier alpha value is -1.95. The SMILES string of the molecule is CCc1nncn1CCNC(=NC)NCc1ccc(N2CC(C)OC(C)C2)nc1.I. The lowest BCUT2D eigenvalue weighted by Crippen LogP contribution is -2.45. The van der Waals surface area contributed by atoms with Crippen LogP contribution in [-0.2, 0) is 24.2 Å². The van der Waals surface area contributed by atoms with Crippen LogP contribution < -0.4 is 15.5 Å².